The van der Waals surface area contributed by atoms with Crippen LogP contribution in [0.5, 0.6) is 5.75 Å². The van der Waals surface area contributed by atoms with Crippen LogP contribution in [0.25, 0.3) is 22.0 Å². The van der Waals surface area contributed by atoms with Gasteiger partial charge in [-0.1, -0.05) is 59.8 Å². The van der Waals surface area contributed by atoms with Crippen LogP contribution in [0.4, 0.5) is 5.69 Å². The predicted octanol–water partition coefficient (Wildman–Crippen LogP) is 6.24. The topological polar surface area (TPSA) is 54.4 Å². The fourth-order valence-corrected chi connectivity index (χ4v) is 4.93. The second-order valence-electron chi connectivity index (χ2n) is 6.99. The number of pyridine rings is 1. The summed E-state index contributed by atoms with van der Waals surface area (Å²) >= 11 is 7.71. The number of H-pyrrole nitrogens is 1. The van der Waals surface area contributed by atoms with E-state index < -0.39 is 0 Å². The minimum absolute atomic E-state index is 0.134. The molecular weight excluding hydrogens is 416 g/mol. The van der Waals surface area contributed by atoms with E-state index in [1.807, 2.05) is 60.7 Å². The first-order valence-electron chi connectivity index (χ1n) is 9.45. The summed E-state index contributed by atoms with van der Waals surface area (Å²) in [4.78, 5) is 21.5. The molecule has 0 saturated carbocycles. The largest absolute Gasteiger partial charge is 0.497 e. The van der Waals surface area contributed by atoms with Crippen molar-refractivity contribution in [2.75, 3.05) is 7.11 Å². The van der Waals surface area contributed by atoms with E-state index in [-0.39, 0.29) is 5.56 Å². The van der Waals surface area contributed by atoms with Gasteiger partial charge in [0.1, 0.15) is 5.75 Å². The number of hydrogen-bond acceptors (Lipinski definition) is 4. The molecule has 148 valence electrons. The van der Waals surface area contributed by atoms with Gasteiger partial charge < -0.3 is 9.72 Å². The van der Waals surface area contributed by atoms with Crippen LogP contribution in [0, 0.1) is 0 Å². The Morgan fingerprint density at radius 2 is 1.90 bits per heavy atom. The van der Waals surface area contributed by atoms with Crippen LogP contribution in [0.15, 0.2) is 81.4 Å². The maximum Gasteiger partial charge on any atom is 0.263 e. The number of aliphatic imine (C=N–C) groups is 1. The van der Waals surface area contributed by atoms with E-state index in [1.165, 1.54) is 11.8 Å². The molecule has 4 aromatic rings. The molecule has 1 aliphatic rings. The van der Waals surface area contributed by atoms with Crippen molar-refractivity contribution >= 4 is 45.0 Å². The standard InChI is InChI=1S/C24H17ClN2O2S/c1-29-17-9-7-15-11-21(26-20(15)13-17)30-23-22(14-5-3-2-4-6-14)18-12-16(25)8-10-19(18)27-24(23)28/h2-10,12-13H,11H2,1H3,(H,27,28). The van der Waals surface area contributed by atoms with Crippen LogP contribution in [0.3, 0.4) is 0 Å². The van der Waals surface area contributed by atoms with E-state index in [0.29, 0.717) is 16.3 Å². The molecule has 30 heavy (non-hydrogen) atoms. The molecule has 3 aromatic carbocycles. The Morgan fingerprint density at radius 3 is 2.70 bits per heavy atom. The zero-order valence-corrected chi connectivity index (χ0v) is 17.7. The first kappa shape index (κ1) is 19.0. The molecule has 5 rings (SSSR count). The molecule has 0 aliphatic carbocycles. The Kier molecular flexibility index (Phi) is 4.85. The van der Waals surface area contributed by atoms with Crippen molar-refractivity contribution in [2.24, 2.45) is 4.99 Å². The lowest BCUT2D eigenvalue weighted by atomic mass is 10.0. The number of aromatic amines is 1. The summed E-state index contributed by atoms with van der Waals surface area (Å²) in [5, 5.41) is 2.41. The van der Waals surface area contributed by atoms with Crippen LogP contribution in [0.2, 0.25) is 5.02 Å². The molecular formula is C24H17ClN2O2S. The SMILES string of the molecule is COc1ccc2c(c1)N=C(Sc1c(-c3ccccc3)c3cc(Cl)ccc3[nH]c1=O)C2. The van der Waals surface area contributed by atoms with Gasteiger partial charge in [0.25, 0.3) is 5.56 Å². The number of nitrogens with zero attached hydrogens (tertiary/aromatic N) is 1. The molecule has 0 saturated heterocycles. The van der Waals surface area contributed by atoms with Gasteiger partial charge in [0.05, 0.1) is 22.7 Å². The summed E-state index contributed by atoms with van der Waals surface area (Å²) in [7, 11) is 1.64. The zero-order valence-electron chi connectivity index (χ0n) is 16.1. The van der Waals surface area contributed by atoms with Crippen molar-refractivity contribution < 1.29 is 4.74 Å². The second-order valence-corrected chi connectivity index (χ2v) is 8.51. The average Bonchev–Trinajstić information content (AvgIpc) is 3.16. The molecule has 6 heteroatoms. The lowest BCUT2D eigenvalue weighted by molar-refractivity contribution is 0.415. The summed E-state index contributed by atoms with van der Waals surface area (Å²) in [6.07, 6.45) is 0.686. The highest BCUT2D eigenvalue weighted by atomic mass is 35.5. The first-order chi connectivity index (χ1) is 14.6. The van der Waals surface area contributed by atoms with Crippen LogP contribution < -0.4 is 10.3 Å². The Bertz CT molecular complexity index is 1360. The minimum Gasteiger partial charge on any atom is -0.497 e. The quantitative estimate of drug-likeness (QED) is 0.417. The van der Waals surface area contributed by atoms with Gasteiger partial charge in [0, 0.05) is 34.0 Å². The summed E-state index contributed by atoms with van der Waals surface area (Å²) < 4.78 is 5.30. The molecule has 1 aromatic heterocycles. The fraction of sp³-hybridized carbons (Fsp3) is 0.0833. The Hall–Kier alpha value is -3.02. The lowest BCUT2D eigenvalue weighted by Gasteiger charge is -2.13. The third-order valence-corrected chi connectivity index (χ3v) is 6.39. The lowest BCUT2D eigenvalue weighted by Crippen LogP contribution is -2.12. The van der Waals surface area contributed by atoms with E-state index in [0.717, 1.165) is 44.1 Å². The molecule has 0 atom stereocenters. The highest BCUT2D eigenvalue weighted by molar-refractivity contribution is 8.14. The van der Waals surface area contributed by atoms with Gasteiger partial charge in [-0.15, -0.1) is 0 Å². The number of thioether (sulfide) groups is 1. The summed E-state index contributed by atoms with van der Waals surface area (Å²) in [5.41, 5.74) is 4.48. The molecule has 1 N–H and O–H groups in total. The van der Waals surface area contributed by atoms with Gasteiger partial charge >= 0.3 is 0 Å². The molecule has 2 heterocycles. The minimum atomic E-state index is -0.134. The van der Waals surface area contributed by atoms with Crippen molar-refractivity contribution in [1.29, 1.82) is 0 Å². The highest BCUT2D eigenvalue weighted by Gasteiger charge is 2.21. The monoisotopic (exact) mass is 432 g/mol. The van der Waals surface area contributed by atoms with Crippen molar-refractivity contribution in [3.8, 4) is 16.9 Å². The van der Waals surface area contributed by atoms with Gasteiger partial charge in [0.15, 0.2) is 0 Å². The van der Waals surface area contributed by atoms with Gasteiger partial charge in [0.2, 0.25) is 0 Å². The zero-order chi connectivity index (χ0) is 20.7. The number of aromatic nitrogens is 1. The normalized spacial score (nSPS) is 12.7. The van der Waals surface area contributed by atoms with Crippen molar-refractivity contribution in [2.45, 2.75) is 11.3 Å². The third kappa shape index (κ3) is 3.40. The number of fused-ring (bicyclic) bond motifs is 2. The fourth-order valence-electron chi connectivity index (χ4n) is 3.67. The highest BCUT2D eigenvalue weighted by Crippen LogP contribution is 2.40. The van der Waals surface area contributed by atoms with Crippen molar-refractivity contribution in [3.05, 3.63) is 87.7 Å². The van der Waals surface area contributed by atoms with Crippen LogP contribution in [0.1, 0.15) is 5.56 Å². The van der Waals surface area contributed by atoms with E-state index in [2.05, 4.69) is 4.98 Å². The van der Waals surface area contributed by atoms with E-state index in [9.17, 15) is 4.79 Å². The van der Waals surface area contributed by atoms with Crippen LogP contribution in [-0.2, 0) is 6.42 Å². The van der Waals surface area contributed by atoms with Crippen molar-refractivity contribution in [1.82, 2.24) is 4.98 Å². The summed E-state index contributed by atoms with van der Waals surface area (Å²) in [5.74, 6) is 0.770. The molecule has 4 nitrogen and oxygen atoms in total. The molecule has 0 spiro atoms. The van der Waals surface area contributed by atoms with Crippen LogP contribution in [-0.4, -0.2) is 17.1 Å². The van der Waals surface area contributed by atoms with Crippen LogP contribution >= 0.6 is 23.4 Å². The number of nitrogens with one attached hydrogen (secondary N) is 1. The number of rotatable bonds is 3. The van der Waals surface area contributed by atoms with Gasteiger partial charge in [-0.05, 0) is 35.4 Å². The van der Waals surface area contributed by atoms with Gasteiger partial charge in [-0.3, -0.25) is 4.79 Å². The number of hydrogen-bond donors (Lipinski definition) is 1. The molecule has 0 unspecified atom stereocenters. The Morgan fingerprint density at radius 1 is 1.07 bits per heavy atom. The number of methoxy groups -OCH3 is 1. The molecule has 1 aliphatic heterocycles. The van der Waals surface area contributed by atoms with Gasteiger partial charge in [-0.2, -0.15) is 0 Å². The average molecular weight is 433 g/mol. The maximum atomic E-state index is 13.1. The summed E-state index contributed by atoms with van der Waals surface area (Å²) in [6, 6.07) is 21.3. The predicted molar refractivity (Wildman–Crippen MR) is 125 cm³/mol. The van der Waals surface area contributed by atoms with Crippen molar-refractivity contribution in [3.63, 3.8) is 0 Å². The third-order valence-electron chi connectivity index (χ3n) is 5.09. The second kappa shape index (κ2) is 7.67. The molecule has 0 fully saturated rings. The van der Waals surface area contributed by atoms with Gasteiger partial charge in [-0.25, -0.2) is 4.99 Å². The first-order valence-corrected chi connectivity index (χ1v) is 10.6. The Labute approximate surface area is 182 Å². The number of benzene rings is 3. The van der Waals surface area contributed by atoms with E-state index >= 15 is 0 Å². The maximum absolute atomic E-state index is 13.1. The molecule has 0 radical (unpaired) electrons. The molecule has 0 amide bonds. The van der Waals surface area contributed by atoms with E-state index in [4.69, 9.17) is 21.3 Å². The summed E-state index contributed by atoms with van der Waals surface area (Å²) in [6.45, 7) is 0. The Balaban J connectivity index is 1.66. The smallest absolute Gasteiger partial charge is 0.263 e. The number of halogens is 1. The van der Waals surface area contributed by atoms with E-state index in [1.54, 1.807) is 13.2 Å². The number of ether oxygens (including phenoxy) is 1. The molecule has 0 bridgehead atoms.